The van der Waals surface area contributed by atoms with Gasteiger partial charge in [0.25, 0.3) is 5.91 Å². The van der Waals surface area contributed by atoms with Crippen LogP contribution in [0.1, 0.15) is 38.1 Å². The van der Waals surface area contributed by atoms with Crippen LogP contribution >= 0.6 is 23.2 Å². The number of hydrogen-bond acceptors (Lipinski definition) is 3. The van der Waals surface area contributed by atoms with Gasteiger partial charge in [0.15, 0.2) is 0 Å². The van der Waals surface area contributed by atoms with Gasteiger partial charge in [0.1, 0.15) is 12.4 Å². The number of nitrogens with one attached hydrogen (secondary N) is 1. The van der Waals surface area contributed by atoms with Crippen LogP contribution in [0.4, 0.5) is 11.4 Å². The highest BCUT2D eigenvalue weighted by Crippen LogP contribution is 2.38. The molecular weight excluding hydrogens is 411 g/mol. The summed E-state index contributed by atoms with van der Waals surface area (Å²) >= 11 is 12.1. The van der Waals surface area contributed by atoms with Gasteiger partial charge in [-0.2, -0.15) is 0 Å². The van der Waals surface area contributed by atoms with Crippen molar-refractivity contribution in [2.24, 2.45) is 11.3 Å². The third-order valence-corrected chi connectivity index (χ3v) is 5.21. The molecule has 1 heterocycles. The highest BCUT2D eigenvalue weighted by molar-refractivity contribution is 6.36. The number of ether oxygens (including phenoxy) is 1. The SMILES string of the molecule is CC(C)CN1C(=O)C(C)(C)COc2ccc(NC(=O)c3cc(Cl)ccc3Cl)cc21. The van der Waals surface area contributed by atoms with Crippen LogP contribution < -0.4 is 15.0 Å². The fourth-order valence-corrected chi connectivity index (χ4v) is 3.51. The summed E-state index contributed by atoms with van der Waals surface area (Å²) in [7, 11) is 0. The number of nitrogens with zero attached hydrogens (tertiary/aromatic N) is 1. The normalized spacial score (nSPS) is 15.6. The molecule has 1 aliphatic heterocycles. The summed E-state index contributed by atoms with van der Waals surface area (Å²) < 4.78 is 5.91. The van der Waals surface area contributed by atoms with Crippen molar-refractivity contribution in [2.75, 3.05) is 23.4 Å². The number of halogens is 2. The molecule has 3 rings (SSSR count). The van der Waals surface area contributed by atoms with E-state index in [9.17, 15) is 9.59 Å². The molecule has 0 radical (unpaired) electrons. The standard InChI is InChI=1S/C22H24Cl2N2O3/c1-13(2)11-26-18-10-15(6-8-19(18)29-12-22(3,4)21(26)28)25-20(27)16-9-14(23)5-7-17(16)24/h5-10,13H,11-12H2,1-4H3,(H,25,27). The van der Waals surface area contributed by atoms with Crippen molar-refractivity contribution < 1.29 is 14.3 Å². The molecule has 1 N–H and O–H groups in total. The Morgan fingerprint density at radius 1 is 1.21 bits per heavy atom. The van der Waals surface area contributed by atoms with E-state index in [1.807, 2.05) is 13.8 Å². The number of amides is 2. The second-order valence-electron chi connectivity index (χ2n) is 8.24. The topological polar surface area (TPSA) is 58.6 Å². The molecule has 0 unspecified atom stereocenters. The number of anilines is 2. The summed E-state index contributed by atoms with van der Waals surface area (Å²) in [5.74, 6) is 0.493. The summed E-state index contributed by atoms with van der Waals surface area (Å²) in [6, 6.07) is 9.99. The quantitative estimate of drug-likeness (QED) is 0.675. The van der Waals surface area contributed by atoms with E-state index in [1.54, 1.807) is 35.2 Å². The summed E-state index contributed by atoms with van der Waals surface area (Å²) in [5, 5.41) is 3.56. The van der Waals surface area contributed by atoms with Crippen LogP contribution in [-0.2, 0) is 4.79 Å². The van der Waals surface area contributed by atoms with Gasteiger partial charge in [-0.05, 0) is 56.2 Å². The van der Waals surface area contributed by atoms with Crippen LogP contribution in [0, 0.1) is 11.3 Å². The highest BCUT2D eigenvalue weighted by atomic mass is 35.5. The number of benzene rings is 2. The number of carbonyl (C=O) groups is 2. The van der Waals surface area contributed by atoms with Crippen molar-refractivity contribution in [1.29, 1.82) is 0 Å². The van der Waals surface area contributed by atoms with Crippen molar-refractivity contribution in [1.82, 2.24) is 0 Å². The smallest absolute Gasteiger partial charge is 0.257 e. The molecule has 154 valence electrons. The van der Waals surface area contributed by atoms with E-state index < -0.39 is 5.41 Å². The molecule has 0 saturated carbocycles. The van der Waals surface area contributed by atoms with Gasteiger partial charge < -0.3 is 15.0 Å². The molecule has 29 heavy (non-hydrogen) atoms. The maximum Gasteiger partial charge on any atom is 0.257 e. The minimum Gasteiger partial charge on any atom is -0.490 e. The average Bonchev–Trinajstić information content (AvgIpc) is 2.74. The van der Waals surface area contributed by atoms with Gasteiger partial charge in [0.2, 0.25) is 5.91 Å². The Morgan fingerprint density at radius 2 is 1.93 bits per heavy atom. The molecule has 2 aromatic rings. The van der Waals surface area contributed by atoms with Crippen molar-refractivity contribution in [2.45, 2.75) is 27.7 Å². The van der Waals surface area contributed by atoms with Crippen molar-refractivity contribution in [3.63, 3.8) is 0 Å². The molecular formula is C22H24Cl2N2O3. The lowest BCUT2D eigenvalue weighted by Crippen LogP contribution is -2.43. The van der Waals surface area contributed by atoms with Crippen LogP contribution in [0.5, 0.6) is 5.75 Å². The van der Waals surface area contributed by atoms with Gasteiger partial charge in [0.05, 0.1) is 21.7 Å². The molecule has 0 aliphatic carbocycles. The van der Waals surface area contributed by atoms with Gasteiger partial charge in [0, 0.05) is 17.3 Å². The van der Waals surface area contributed by atoms with Gasteiger partial charge in [-0.25, -0.2) is 0 Å². The monoisotopic (exact) mass is 434 g/mol. The maximum atomic E-state index is 13.1. The molecule has 0 aromatic heterocycles. The van der Waals surface area contributed by atoms with Gasteiger partial charge in [-0.1, -0.05) is 37.0 Å². The molecule has 2 aromatic carbocycles. The summed E-state index contributed by atoms with van der Waals surface area (Å²) in [6.45, 7) is 8.70. The van der Waals surface area contributed by atoms with E-state index in [2.05, 4.69) is 19.2 Å². The van der Waals surface area contributed by atoms with Crippen LogP contribution in [0.3, 0.4) is 0 Å². The zero-order valence-electron chi connectivity index (χ0n) is 16.9. The van der Waals surface area contributed by atoms with Crippen LogP contribution in [0.2, 0.25) is 10.0 Å². The average molecular weight is 435 g/mol. The Kier molecular flexibility index (Phi) is 6.11. The molecule has 0 fully saturated rings. The first-order chi connectivity index (χ1) is 13.6. The highest BCUT2D eigenvalue weighted by Gasteiger charge is 2.38. The van der Waals surface area contributed by atoms with Gasteiger partial charge >= 0.3 is 0 Å². The zero-order valence-corrected chi connectivity index (χ0v) is 18.4. The zero-order chi connectivity index (χ0) is 21.3. The number of carbonyl (C=O) groups excluding carboxylic acids is 2. The van der Waals surface area contributed by atoms with E-state index in [-0.39, 0.29) is 29.9 Å². The van der Waals surface area contributed by atoms with Crippen molar-refractivity contribution >= 4 is 46.4 Å². The molecule has 0 spiro atoms. The summed E-state index contributed by atoms with van der Waals surface area (Å²) in [5.41, 5.74) is 0.812. The van der Waals surface area contributed by atoms with Crippen LogP contribution in [-0.4, -0.2) is 25.0 Å². The maximum absolute atomic E-state index is 13.1. The second-order valence-corrected chi connectivity index (χ2v) is 9.09. The third-order valence-electron chi connectivity index (χ3n) is 4.64. The number of hydrogen-bond donors (Lipinski definition) is 1. The Bertz CT molecular complexity index is 957. The summed E-state index contributed by atoms with van der Waals surface area (Å²) in [4.78, 5) is 27.6. The van der Waals surface area contributed by atoms with Crippen LogP contribution in [0.25, 0.3) is 0 Å². The molecule has 7 heteroatoms. The van der Waals surface area contributed by atoms with E-state index in [0.29, 0.717) is 33.7 Å². The first-order valence-electron chi connectivity index (χ1n) is 9.44. The minimum absolute atomic E-state index is 0.00804. The Hall–Kier alpha value is -2.24. The van der Waals surface area contributed by atoms with Gasteiger partial charge in [-0.15, -0.1) is 0 Å². The molecule has 0 saturated heterocycles. The number of rotatable bonds is 4. The van der Waals surface area contributed by atoms with Gasteiger partial charge in [-0.3, -0.25) is 9.59 Å². The lowest BCUT2D eigenvalue weighted by molar-refractivity contribution is -0.127. The second kappa shape index (κ2) is 8.25. The van der Waals surface area contributed by atoms with E-state index >= 15 is 0 Å². The predicted molar refractivity (Wildman–Crippen MR) is 117 cm³/mol. The summed E-state index contributed by atoms with van der Waals surface area (Å²) in [6.07, 6.45) is 0. The first kappa shape index (κ1) is 21.5. The van der Waals surface area contributed by atoms with E-state index in [4.69, 9.17) is 27.9 Å². The molecule has 1 aliphatic rings. The molecule has 5 nitrogen and oxygen atoms in total. The Balaban J connectivity index is 1.96. The minimum atomic E-state index is -0.647. The Labute approximate surface area is 180 Å². The molecule has 0 bridgehead atoms. The largest absolute Gasteiger partial charge is 0.490 e. The third kappa shape index (κ3) is 4.68. The van der Waals surface area contributed by atoms with E-state index in [0.717, 1.165) is 0 Å². The molecule has 0 atom stereocenters. The van der Waals surface area contributed by atoms with Crippen molar-refractivity contribution in [3.05, 3.63) is 52.0 Å². The van der Waals surface area contributed by atoms with Crippen LogP contribution in [0.15, 0.2) is 36.4 Å². The molecule has 2 amide bonds. The lowest BCUT2D eigenvalue weighted by Gasteiger charge is -2.29. The lowest BCUT2D eigenvalue weighted by atomic mass is 9.92. The fraction of sp³-hybridized carbons (Fsp3) is 0.364. The fourth-order valence-electron chi connectivity index (χ4n) is 3.14. The number of fused-ring (bicyclic) bond motifs is 1. The van der Waals surface area contributed by atoms with E-state index in [1.165, 1.54) is 6.07 Å². The predicted octanol–water partition coefficient (Wildman–Crippen LogP) is 5.65. The first-order valence-corrected chi connectivity index (χ1v) is 10.2. The Morgan fingerprint density at radius 3 is 2.62 bits per heavy atom. The van der Waals surface area contributed by atoms with Crippen molar-refractivity contribution in [3.8, 4) is 5.75 Å².